The Kier molecular flexibility index (Phi) is 4.40. The zero-order valence-electron chi connectivity index (χ0n) is 11.8. The van der Waals surface area contributed by atoms with Crippen molar-refractivity contribution in [3.63, 3.8) is 0 Å². The molecule has 0 saturated heterocycles. The van der Waals surface area contributed by atoms with Crippen LogP contribution in [0.3, 0.4) is 0 Å². The van der Waals surface area contributed by atoms with Gasteiger partial charge in [-0.2, -0.15) is 9.40 Å². The molecule has 1 aromatic heterocycles. The van der Waals surface area contributed by atoms with Crippen LogP contribution in [0.1, 0.15) is 16.8 Å². The number of nitrogens with zero attached hydrogens (tertiary/aromatic N) is 2. The second-order valence-electron chi connectivity index (χ2n) is 4.73. The summed E-state index contributed by atoms with van der Waals surface area (Å²) < 4.78 is 39.3. The van der Waals surface area contributed by atoms with Gasteiger partial charge >= 0.3 is 0 Å². The molecule has 2 aromatic rings. The Morgan fingerprint density at radius 1 is 1.43 bits per heavy atom. The lowest BCUT2D eigenvalue weighted by atomic mass is 10.2. The van der Waals surface area contributed by atoms with Crippen molar-refractivity contribution in [1.82, 2.24) is 14.5 Å². The maximum absolute atomic E-state index is 13.2. The summed E-state index contributed by atoms with van der Waals surface area (Å²) in [6.07, 6.45) is 0. The van der Waals surface area contributed by atoms with E-state index < -0.39 is 15.8 Å². The van der Waals surface area contributed by atoms with Crippen LogP contribution in [0.25, 0.3) is 0 Å². The number of nitrogens with two attached hydrogens (primary N) is 1. The lowest BCUT2D eigenvalue weighted by molar-refractivity contribution is 0.461. The molecule has 0 aliphatic heterocycles. The van der Waals surface area contributed by atoms with Crippen molar-refractivity contribution >= 4 is 10.0 Å². The monoisotopic (exact) mass is 312 g/mol. The molecule has 0 atom stereocenters. The molecule has 0 fully saturated rings. The fourth-order valence-corrected chi connectivity index (χ4v) is 3.33. The van der Waals surface area contributed by atoms with Gasteiger partial charge in [0.25, 0.3) is 10.0 Å². The molecule has 3 N–H and O–H groups in total. The molecule has 0 amide bonds. The molecule has 0 radical (unpaired) electrons. The van der Waals surface area contributed by atoms with Crippen molar-refractivity contribution in [3.05, 3.63) is 46.9 Å². The maximum atomic E-state index is 13.2. The number of aromatic amines is 1. The minimum Gasteiger partial charge on any atom is -0.326 e. The molecule has 8 heteroatoms. The fourth-order valence-electron chi connectivity index (χ4n) is 2.01. The molecule has 0 spiro atoms. The quantitative estimate of drug-likeness (QED) is 0.866. The van der Waals surface area contributed by atoms with E-state index in [4.69, 9.17) is 5.73 Å². The maximum Gasteiger partial charge on any atom is 0.262 e. The lowest BCUT2D eigenvalue weighted by Crippen LogP contribution is -2.28. The lowest BCUT2D eigenvalue weighted by Gasteiger charge is -2.16. The number of halogens is 1. The van der Waals surface area contributed by atoms with E-state index in [-0.39, 0.29) is 18.1 Å². The first-order valence-corrected chi connectivity index (χ1v) is 7.75. The number of nitrogens with one attached hydrogen (secondary N) is 1. The van der Waals surface area contributed by atoms with Crippen molar-refractivity contribution in [1.29, 1.82) is 0 Å². The second-order valence-corrected chi connectivity index (χ2v) is 6.69. The van der Waals surface area contributed by atoms with E-state index in [0.29, 0.717) is 16.8 Å². The topological polar surface area (TPSA) is 92.1 Å². The van der Waals surface area contributed by atoms with Crippen molar-refractivity contribution in [2.24, 2.45) is 5.73 Å². The molecule has 0 aliphatic carbocycles. The summed E-state index contributed by atoms with van der Waals surface area (Å²) in [7, 11) is -2.36. The number of hydrogen-bond acceptors (Lipinski definition) is 4. The second kappa shape index (κ2) is 5.92. The van der Waals surface area contributed by atoms with Gasteiger partial charge in [-0.1, -0.05) is 12.1 Å². The zero-order valence-corrected chi connectivity index (χ0v) is 12.6. The number of hydrogen-bond donors (Lipinski definition) is 2. The van der Waals surface area contributed by atoms with Crippen LogP contribution in [-0.4, -0.2) is 30.0 Å². The molecule has 1 aromatic carbocycles. The molecule has 0 bridgehead atoms. The summed E-state index contributed by atoms with van der Waals surface area (Å²) in [5, 5.41) is 6.37. The minimum absolute atomic E-state index is 0.0516. The summed E-state index contributed by atoms with van der Waals surface area (Å²) >= 11 is 0. The Bertz CT molecular complexity index is 742. The largest absolute Gasteiger partial charge is 0.326 e. The predicted octanol–water partition coefficient (Wildman–Crippen LogP) is 1.14. The average Bonchev–Trinajstić information content (AvgIpc) is 2.80. The molecule has 2 rings (SSSR count). The van der Waals surface area contributed by atoms with Crippen LogP contribution < -0.4 is 5.73 Å². The number of H-pyrrole nitrogens is 1. The van der Waals surface area contributed by atoms with Gasteiger partial charge in [0, 0.05) is 31.4 Å². The summed E-state index contributed by atoms with van der Waals surface area (Å²) in [6, 6.07) is 5.80. The number of benzene rings is 1. The SMILES string of the molecule is Cc1[nH]nc(S(=O)(=O)N(C)Cc2cccc(F)c2)c1CN. The van der Waals surface area contributed by atoms with Crippen molar-refractivity contribution in [2.45, 2.75) is 25.0 Å². The number of rotatable bonds is 5. The molecular weight excluding hydrogens is 295 g/mol. The van der Waals surface area contributed by atoms with Crippen LogP contribution in [0.5, 0.6) is 0 Å². The van der Waals surface area contributed by atoms with Crippen LogP contribution in [0.15, 0.2) is 29.3 Å². The van der Waals surface area contributed by atoms with Crippen LogP contribution in [0, 0.1) is 12.7 Å². The summed E-state index contributed by atoms with van der Waals surface area (Å²) in [4.78, 5) is 0. The first-order valence-electron chi connectivity index (χ1n) is 6.31. The average molecular weight is 312 g/mol. The number of aryl methyl sites for hydroxylation is 1. The van der Waals surface area contributed by atoms with Gasteiger partial charge in [-0.05, 0) is 24.6 Å². The zero-order chi connectivity index (χ0) is 15.6. The van der Waals surface area contributed by atoms with Gasteiger partial charge in [-0.3, -0.25) is 5.10 Å². The van der Waals surface area contributed by atoms with Gasteiger partial charge < -0.3 is 5.73 Å². The molecule has 21 heavy (non-hydrogen) atoms. The Morgan fingerprint density at radius 2 is 2.14 bits per heavy atom. The van der Waals surface area contributed by atoms with E-state index in [1.807, 2.05) is 0 Å². The Hall–Kier alpha value is -1.77. The van der Waals surface area contributed by atoms with Crippen LogP contribution >= 0.6 is 0 Å². The van der Waals surface area contributed by atoms with Gasteiger partial charge in [-0.15, -0.1) is 0 Å². The molecule has 1 heterocycles. The van der Waals surface area contributed by atoms with E-state index in [2.05, 4.69) is 10.2 Å². The molecule has 0 aliphatic rings. The minimum atomic E-state index is -3.78. The predicted molar refractivity (Wildman–Crippen MR) is 76.3 cm³/mol. The van der Waals surface area contributed by atoms with E-state index >= 15 is 0 Å². The third-order valence-corrected chi connectivity index (χ3v) is 4.97. The van der Waals surface area contributed by atoms with Gasteiger partial charge in [-0.25, -0.2) is 12.8 Å². The van der Waals surface area contributed by atoms with E-state index in [1.165, 1.54) is 25.2 Å². The Labute approximate surface area is 122 Å². The van der Waals surface area contributed by atoms with E-state index in [9.17, 15) is 12.8 Å². The molecule has 0 unspecified atom stereocenters. The molecule has 0 saturated carbocycles. The van der Waals surface area contributed by atoms with Gasteiger partial charge in [0.15, 0.2) is 5.03 Å². The van der Waals surface area contributed by atoms with Crippen LogP contribution in [0.4, 0.5) is 4.39 Å². The molecule has 6 nitrogen and oxygen atoms in total. The van der Waals surface area contributed by atoms with Gasteiger partial charge in [0.2, 0.25) is 0 Å². The van der Waals surface area contributed by atoms with Crippen molar-refractivity contribution < 1.29 is 12.8 Å². The third-order valence-electron chi connectivity index (χ3n) is 3.19. The van der Waals surface area contributed by atoms with Gasteiger partial charge in [0.1, 0.15) is 5.82 Å². The standard InChI is InChI=1S/C13H17FN4O2S/c1-9-12(7-15)13(17-16-9)21(19,20)18(2)8-10-4-3-5-11(14)6-10/h3-6H,7-8,15H2,1-2H3,(H,16,17). The first-order chi connectivity index (χ1) is 9.86. The fraction of sp³-hybridized carbons (Fsp3) is 0.308. The highest BCUT2D eigenvalue weighted by Gasteiger charge is 2.27. The number of sulfonamides is 1. The van der Waals surface area contributed by atoms with Gasteiger partial charge in [0.05, 0.1) is 0 Å². The normalized spacial score (nSPS) is 12.0. The van der Waals surface area contributed by atoms with Crippen LogP contribution in [-0.2, 0) is 23.1 Å². The molecule has 114 valence electrons. The Morgan fingerprint density at radius 3 is 2.76 bits per heavy atom. The third kappa shape index (κ3) is 3.12. The van der Waals surface area contributed by atoms with Crippen molar-refractivity contribution in [3.8, 4) is 0 Å². The summed E-state index contributed by atoms with van der Waals surface area (Å²) in [5.74, 6) is -0.406. The summed E-state index contributed by atoms with van der Waals surface area (Å²) in [6.45, 7) is 1.83. The smallest absolute Gasteiger partial charge is 0.262 e. The molecular formula is C13H17FN4O2S. The van der Waals surface area contributed by atoms with Crippen LogP contribution in [0.2, 0.25) is 0 Å². The van der Waals surface area contributed by atoms with E-state index in [1.54, 1.807) is 13.0 Å². The van der Waals surface area contributed by atoms with Crippen molar-refractivity contribution in [2.75, 3.05) is 7.05 Å². The van der Waals surface area contributed by atoms with E-state index in [0.717, 1.165) is 4.31 Å². The highest BCUT2D eigenvalue weighted by molar-refractivity contribution is 7.89. The highest BCUT2D eigenvalue weighted by Crippen LogP contribution is 2.20. The highest BCUT2D eigenvalue weighted by atomic mass is 32.2. The number of aromatic nitrogens is 2. The Balaban J connectivity index is 2.30. The first kappa shape index (κ1) is 15.6. The summed E-state index contributed by atoms with van der Waals surface area (Å²) in [5.41, 5.74) is 7.21.